The van der Waals surface area contributed by atoms with Crippen molar-refractivity contribution in [2.45, 2.75) is 38.1 Å². The molecule has 8 heteroatoms. The number of aliphatic hydroxyl groups is 1. The van der Waals surface area contributed by atoms with Gasteiger partial charge in [0.05, 0.1) is 23.2 Å². The molecule has 1 heterocycles. The molecule has 1 fully saturated rings. The molecule has 0 spiro atoms. The van der Waals surface area contributed by atoms with Crippen molar-refractivity contribution in [1.29, 1.82) is 0 Å². The van der Waals surface area contributed by atoms with Crippen LogP contribution in [0.3, 0.4) is 0 Å². The number of likely N-dealkylation sites (N-methyl/N-ethyl adjacent to an activating group) is 1. The lowest BCUT2D eigenvalue weighted by Crippen LogP contribution is -2.53. The van der Waals surface area contributed by atoms with Crippen molar-refractivity contribution in [1.82, 2.24) is 10.2 Å². The lowest BCUT2D eigenvalue weighted by molar-refractivity contribution is -0.0975. The summed E-state index contributed by atoms with van der Waals surface area (Å²) in [6.07, 6.45) is -1.15. The van der Waals surface area contributed by atoms with Crippen LogP contribution in [-0.2, 0) is 9.47 Å². The largest absolute Gasteiger partial charge is 0.444 e. The molecule has 0 aliphatic carbocycles. The van der Waals surface area contributed by atoms with Gasteiger partial charge in [-0.1, -0.05) is 29.3 Å². The number of hydrogen-bond donors (Lipinski definition) is 2. The minimum absolute atomic E-state index is 0.0632. The summed E-state index contributed by atoms with van der Waals surface area (Å²) in [5.74, 6) is 0. The highest BCUT2D eigenvalue weighted by atomic mass is 35.5. The fraction of sp³-hybridized carbons (Fsp3) is 0.611. The van der Waals surface area contributed by atoms with Crippen LogP contribution in [0.2, 0.25) is 10.0 Å². The van der Waals surface area contributed by atoms with Crippen molar-refractivity contribution in [3.05, 3.63) is 33.8 Å². The number of amides is 1. The number of benzene rings is 1. The van der Waals surface area contributed by atoms with Gasteiger partial charge in [-0.15, -0.1) is 0 Å². The van der Waals surface area contributed by atoms with Gasteiger partial charge >= 0.3 is 6.09 Å². The zero-order valence-electron chi connectivity index (χ0n) is 15.5. The lowest BCUT2D eigenvalue weighted by Gasteiger charge is -2.37. The summed E-state index contributed by atoms with van der Waals surface area (Å²) in [6, 6.07) is 5.11. The second-order valence-corrected chi connectivity index (χ2v) is 8.27. The third-order valence-corrected chi connectivity index (χ3v) is 4.72. The second kappa shape index (κ2) is 8.31. The number of hydrogen-bond acceptors (Lipinski definition) is 5. The van der Waals surface area contributed by atoms with E-state index in [0.717, 1.165) is 0 Å². The van der Waals surface area contributed by atoms with Gasteiger partial charge in [0.25, 0.3) is 0 Å². The van der Waals surface area contributed by atoms with E-state index in [1.807, 2.05) is 0 Å². The van der Waals surface area contributed by atoms with Crippen LogP contribution < -0.4 is 5.32 Å². The molecule has 6 nitrogen and oxygen atoms in total. The minimum atomic E-state index is -1.36. The summed E-state index contributed by atoms with van der Waals surface area (Å²) in [5, 5.41) is 15.1. The van der Waals surface area contributed by atoms with Crippen molar-refractivity contribution in [2.24, 2.45) is 0 Å². The monoisotopic (exact) mass is 404 g/mol. The van der Waals surface area contributed by atoms with Gasteiger partial charge in [0.15, 0.2) is 0 Å². The normalized spacial score (nSPS) is 24.3. The van der Waals surface area contributed by atoms with Crippen LogP contribution >= 0.6 is 23.2 Å². The fourth-order valence-electron chi connectivity index (χ4n) is 2.95. The van der Waals surface area contributed by atoms with E-state index in [1.165, 1.54) is 4.90 Å². The van der Waals surface area contributed by atoms with E-state index in [2.05, 4.69) is 5.32 Å². The molecule has 146 valence electrons. The van der Waals surface area contributed by atoms with E-state index >= 15 is 0 Å². The first-order chi connectivity index (χ1) is 12.1. The number of nitrogens with one attached hydrogen (secondary N) is 1. The number of halogens is 2. The molecule has 1 amide bonds. The second-order valence-electron chi connectivity index (χ2n) is 7.46. The highest BCUT2D eigenvalue weighted by Crippen LogP contribution is 2.35. The van der Waals surface area contributed by atoms with E-state index in [9.17, 15) is 9.90 Å². The van der Waals surface area contributed by atoms with Crippen molar-refractivity contribution in [3.63, 3.8) is 0 Å². The minimum Gasteiger partial charge on any atom is -0.444 e. The zero-order chi connectivity index (χ0) is 19.5. The van der Waals surface area contributed by atoms with Crippen molar-refractivity contribution in [2.75, 3.05) is 33.3 Å². The Balaban J connectivity index is 2.30. The Morgan fingerprint density at radius 2 is 2.12 bits per heavy atom. The standard InChI is InChI=1S/C18H26Cl2N2O4/c1-17(2,3)26-16(23)22-7-8-25-15(18(24,11-22)10-21-4)12-5-6-13(19)14(20)9-12/h5-6,9,15,21,24H,7-8,10-11H2,1-4H3/t15-,18-/m1/s1. The Labute approximate surface area is 164 Å². The first-order valence-electron chi connectivity index (χ1n) is 8.47. The molecule has 1 saturated heterocycles. The molecule has 2 N–H and O–H groups in total. The molecule has 0 bridgehead atoms. The maximum atomic E-state index is 12.5. The predicted octanol–water partition coefficient (Wildman–Crippen LogP) is 3.25. The molecule has 0 aromatic heterocycles. The first kappa shape index (κ1) is 21.3. The van der Waals surface area contributed by atoms with E-state index in [4.69, 9.17) is 32.7 Å². The maximum absolute atomic E-state index is 12.5. The molecule has 0 unspecified atom stereocenters. The molecule has 1 aromatic carbocycles. The summed E-state index contributed by atoms with van der Waals surface area (Å²) in [6.45, 7) is 6.27. The Morgan fingerprint density at radius 3 is 2.69 bits per heavy atom. The van der Waals surface area contributed by atoms with E-state index in [0.29, 0.717) is 22.2 Å². The van der Waals surface area contributed by atoms with Crippen molar-refractivity contribution in [3.8, 4) is 0 Å². The molecular weight excluding hydrogens is 379 g/mol. The third-order valence-electron chi connectivity index (χ3n) is 3.98. The van der Waals surface area contributed by atoms with Crippen LogP contribution in [0.5, 0.6) is 0 Å². The molecule has 1 aliphatic rings. The van der Waals surface area contributed by atoms with Gasteiger partial charge in [-0.2, -0.15) is 0 Å². The van der Waals surface area contributed by atoms with Gasteiger partial charge in [0.2, 0.25) is 0 Å². The average molecular weight is 405 g/mol. The number of rotatable bonds is 3. The van der Waals surface area contributed by atoms with Gasteiger partial charge in [-0.3, -0.25) is 0 Å². The Morgan fingerprint density at radius 1 is 1.42 bits per heavy atom. The Bertz CT molecular complexity index is 651. The van der Waals surface area contributed by atoms with Crippen LogP contribution in [0.15, 0.2) is 18.2 Å². The summed E-state index contributed by atoms with van der Waals surface area (Å²) in [5.41, 5.74) is -1.28. The number of ether oxygens (including phenoxy) is 2. The molecule has 26 heavy (non-hydrogen) atoms. The smallest absolute Gasteiger partial charge is 0.410 e. The zero-order valence-corrected chi connectivity index (χ0v) is 17.0. The van der Waals surface area contributed by atoms with Gasteiger partial charge in [-0.05, 0) is 45.5 Å². The number of β-amino-alcohol motifs (C(OH)–C–C–N with tert-alkyl or cyclic N) is 1. The molecule has 1 aromatic rings. The highest BCUT2D eigenvalue weighted by molar-refractivity contribution is 6.42. The molecule has 2 atom stereocenters. The summed E-state index contributed by atoms with van der Waals surface area (Å²) < 4.78 is 11.4. The molecule has 2 rings (SSSR count). The van der Waals surface area contributed by atoms with Gasteiger partial charge in [-0.25, -0.2) is 4.79 Å². The van der Waals surface area contributed by atoms with Gasteiger partial charge < -0.3 is 24.8 Å². The summed E-state index contributed by atoms with van der Waals surface area (Å²) >= 11 is 12.1. The van der Waals surface area contributed by atoms with E-state index < -0.39 is 23.4 Å². The lowest BCUT2D eigenvalue weighted by atomic mass is 9.90. The Hall–Kier alpha value is -1.05. The SMILES string of the molecule is CNC[C@@]1(O)CN(C(=O)OC(C)(C)C)CCO[C@@H]1c1ccc(Cl)c(Cl)c1. The topological polar surface area (TPSA) is 71.0 Å². The number of carbonyl (C=O) groups is 1. The van der Waals surface area contributed by atoms with E-state index in [1.54, 1.807) is 46.0 Å². The quantitative estimate of drug-likeness (QED) is 0.808. The van der Waals surface area contributed by atoms with Gasteiger partial charge in [0.1, 0.15) is 17.3 Å². The average Bonchev–Trinajstić information content (AvgIpc) is 2.68. The summed E-state index contributed by atoms with van der Waals surface area (Å²) in [4.78, 5) is 14.0. The summed E-state index contributed by atoms with van der Waals surface area (Å²) in [7, 11) is 1.73. The van der Waals surface area contributed by atoms with Crippen LogP contribution in [0.4, 0.5) is 4.79 Å². The van der Waals surface area contributed by atoms with Crippen LogP contribution in [0, 0.1) is 0 Å². The van der Waals surface area contributed by atoms with Crippen LogP contribution in [-0.4, -0.2) is 60.6 Å². The van der Waals surface area contributed by atoms with Crippen LogP contribution in [0.25, 0.3) is 0 Å². The molecular formula is C18H26Cl2N2O4. The number of carbonyl (C=O) groups excluding carboxylic acids is 1. The Kier molecular flexibility index (Phi) is 6.80. The first-order valence-corrected chi connectivity index (χ1v) is 9.23. The van der Waals surface area contributed by atoms with Crippen molar-refractivity contribution >= 4 is 29.3 Å². The predicted molar refractivity (Wildman–Crippen MR) is 102 cm³/mol. The van der Waals surface area contributed by atoms with Gasteiger partial charge in [0, 0.05) is 13.1 Å². The molecule has 1 aliphatic heterocycles. The highest BCUT2D eigenvalue weighted by Gasteiger charge is 2.43. The maximum Gasteiger partial charge on any atom is 0.410 e. The third kappa shape index (κ3) is 5.24. The van der Waals surface area contributed by atoms with Crippen molar-refractivity contribution < 1.29 is 19.4 Å². The van der Waals surface area contributed by atoms with Crippen LogP contribution in [0.1, 0.15) is 32.4 Å². The molecule has 0 radical (unpaired) electrons. The molecule has 0 saturated carbocycles. The number of nitrogens with zero attached hydrogens (tertiary/aromatic N) is 1. The van der Waals surface area contributed by atoms with E-state index in [-0.39, 0.29) is 19.7 Å². The fourth-order valence-corrected chi connectivity index (χ4v) is 3.25.